The molecule has 300 valence electrons. The van der Waals surface area contributed by atoms with Crippen molar-refractivity contribution in [2.75, 3.05) is 4.90 Å². The second-order valence-corrected chi connectivity index (χ2v) is 18.9. The van der Waals surface area contributed by atoms with E-state index in [1.165, 1.54) is 99.1 Å². The molecule has 2 nitrogen and oxygen atoms in total. The molecule has 3 aliphatic carbocycles. The fourth-order valence-corrected chi connectivity index (χ4v) is 12.1. The molecule has 0 aromatic heterocycles. The summed E-state index contributed by atoms with van der Waals surface area (Å²) in [6.07, 6.45) is 8.77. The van der Waals surface area contributed by atoms with Gasteiger partial charge in [0, 0.05) is 22.1 Å². The van der Waals surface area contributed by atoms with Crippen LogP contribution < -0.4 is 4.90 Å². The molecule has 2 unspecified atom stereocenters. The Labute approximate surface area is 369 Å². The number of hydrogen-bond acceptors (Lipinski definition) is 2. The van der Waals surface area contributed by atoms with Crippen LogP contribution in [0.15, 0.2) is 199 Å². The number of allylic oxidation sites excluding steroid dienone is 2. The minimum absolute atomic E-state index is 0.0881. The predicted molar refractivity (Wildman–Crippen MR) is 266 cm³/mol. The third-order valence-electron chi connectivity index (χ3n) is 14.9. The Morgan fingerprint density at radius 1 is 0.413 bits per heavy atom. The van der Waals surface area contributed by atoms with Crippen LogP contribution in [0.25, 0.3) is 76.8 Å². The summed E-state index contributed by atoms with van der Waals surface area (Å²) in [6.45, 7) is 9.79. The molecule has 0 saturated heterocycles. The van der Waals surface area contributed by atoms with Crippen LogP contribution in [-0.4, -0.2) is 17.9 Å². The molecule has 0 amide bonds. The number of fused-ring (bicyclic) bond motifs is 12. The molecule has 0 spiro atoms. The summed E-state index contributed by atoms with van der Waals surface area (Å²) in [5.41, 5.74) is 18.3. The van der Waals surface area contributed by atoms with Gasteiger partial charge in [-0.15, -0.1) is 0 Å². The Hall–Kier alpha value is -7.29. The molecular formula is C61H46N2. The Morgan fingerprint density at radius 3 is 1.63 bits per heavy atom. The van der Waals surface area contributed by atoms with E-state index in [4.69, 9.17) is 4.99 Å². The molecule has 2 atom stereocenters. The highest BCUT2D eigenvalue weighted by Crippen LogP contribution is 2.61. The van der Waals surface area contributed by atoms with Crippen LogP contribution in [0.4, 0.5) is 5.69 Å². The van der Waals surface area contributed by atoms with Gasteiger partial charge in [0.05, 0.1) is 12.1 Å². The van der Waals surface area contributed by atoms with Gasteiger partial charge in [-0.2, -0.15) is 0 Å². The molecule has 0 fully saturated rings. The molecule has 0 saturated carbocycles. The number of anilines is 1. The van der Waals surface area contributed by atoms with E-state index in [9.17, 15) is 0 Å². The maximum atomic E-state index is 5.30. The van der Waals surface area contributed by atoms with Crippen LogP contribution in [0.1, 0.15) is 55.5 Å². The fourth-order valence-electron chi connectivity index (χ4n) is 12.1. The molecule has 1 heterocycles. The maximum absolute atomic E-state index is 5.30. The minimum Gasteiger partial charge on any atom is -0.317 e. The van der Waals surface area contributed by atoms with Gasteiger partial charge < -0.3 is 4.90 Å². The van der Waals surface area contributed by atoms with Gasteiger partial charge in [-0.25, -0.2) is 0 Å². The van der Waals surface area contributed by atoms with E-state index in [2.05, 4.69) is 227 Å². The average molecular weight is 807 g/mol. The molecule has 9 aromatic carbocycles. The lowest BCUT2D eigenvalue weighted by Crippen LogP contribution is -2.39. The summed E-state index contributed by atoms with van der Waals surface area (Å²) in [6, 6.07) is 63.9. The standard InChI is InChI=1S/C61H46N2/c1-60(2)50-27-15-14-21-41(50)47-34-35-48-56-42-22-9-8-20-40(42)49(36-51(56)61(3,4)58(48)57(47)60)55-45-25-12-10-23-43(45)54(44-24-11-13-26-46(44)55)37-30-32-38(33-31-37)59-62-52-28-16-17-29-53(52)63(59)39-18-6-5-7-19-39/h5-36,52-53H,1-4H3. The van der Waals surface area contributed by atoms with Gasteiger partial charge in [-0.3, -0.25) is 4.99 Å². The average Bonchev–Trinajstić information content (AvgIpc) is 3.91. The molecule has 2 heteroatoms. The van der Waals surface area contributed by atoms with Crippen molar-refractivity contribution in [2.45, 2.75) is 50.6 Å². The van der Waals surface area contributed by atoms with Crippen molar-refractivity contribution in [3.05, 3.63) is 222 Å². The highest BCUT2D eigenvalue weighted by atomic mass is 15.3. The normalized spacial score (nSPS) is 18.3. The lowest BCUT2D eigenvalue weighted by molar-refractivity contribution is 0.601. The van der Waals surface area contributed by atoms with E-state index >= 15 is 0 Å². The highest BCUT2D eigenvalue weighted by molar-refractivity contribution is 6.25. The molecule has 0 radical (unpaired) electrons. The first kappa shape index (κ1) is 36.4. The van der Waals surface area contributed by atoms with Crippen molar-refractivity contribution in [1.29, 1.82) is 0 Å². The molecular weight excluding hydrogens is 761 g/mol. The lowest BCUT2D eigenvalue weighted by atomic mass is 9.72. The first-order valence-electron chi connectivity index (χ1n) is 22.5. The minimum atomic E-state index is -0.217. The van der Waals surface area contributed by atoms with E-state index in [1.54, 1.807) is 0 Å². The van der Waals surface area contributed by atoms with Gasteiger partial charge >= 0.3 is 0 Å². The third-order valence-corrected chi connectivity index (χ3v) is 14.9. The first-order chi connectivity index (χ1) is 30.8. The number of rotatable bonds is 4. The van der Waals surface area contributed by atoms with E-state index in [0.29, 0.717) is 0 Å². The quantitative estimate of drug-likeness (QED) is 0.162. The first-order valence-corrected chi connectivity index (χ1v) is 22.5. The van der Waals surface area contributed by atoms with Crippen LogP contribution >= 0.6 is 0 Å². The van der Waals surface area contributed by atoms with Crippen molar-refractivity contribution in [3.63, 3.8) is 0 Å². The van der Waals surface area contributed by atoms with Gasteiger partial charge in [-0.05, 0) is 117 Å². The van der Waals surface area contributed by atoms with E-state index in [-0.39, 0.29) is 22.9 Å². The molecule has 63 heavy (non-hydrogen) atoms. The number of para-hydroxylation sites is 1. The largest absolute Gasteiger partial charge is 0.317 e. The van der Waals surface area contributed by atoms with E-state index in [0.717, 1.165) is 17.1 Å². The van der Waals surface area contributed by atoms with Gasteiger partial charge in [0.2, 0.25) is 0 Å². The Balaban J connectivity index is 1.00. The SMILES string of the molecule is CC1(C)c2ccccc2-c2ccc3c(c21)C(C)(C)c1cc(-c2c4ccccc4c(-c4ccc(C5=NC6C=CC=CC6N5c5ccccc5)cc4)c4ccccc24)c2ccccc2c1-3. The zero-order valence-corrected chi connectivity index (χ0v) is 36.0. The summed E-state index contributed by atoms with van der Waals surface area (Å²) in [5, 5.41) is 7.67. The number of hydrogen-bond donors (Lipinski definition) is 0. The maximum Gasteiger partial charge on any atom is 0.136 e. The molecule has 4 aliphatic rings. The zero-order chi connectivity index (χ0) is 42.2. The highest BCUT2D eigenvalue weighted by Gasteiger charge is 2.46. The molecule has 9 aromatic rings. The Bertz CT molecular complexity index is 3450. The summed E-state index contributed by atoms with van der Waals surface area (Å²) in [4.78, 5) is 7.69. The van der Waals surface area contributed by atoms with E-state index < -0.39 is 0 Å². The fraction of sp³-hybridized carbons (Fsp3) is 0.131. The molecule has 0 N–H and O–H groups in total. The molecule has 1 aliphatic heterocycles. The van der Waals surface area contributed by atoms with E-state index in [1.807, 2.05) is 0 Å². The topological polar surface area (TPSA) is 15.6 Å². The molecule has 13 rings (SSSR count). The van der Waals surface area contributed by atoms with Crippen molar-refractivity contribution in [2.24, 2.45) is 4.99 Å². The summed E-state index contributed by atoms with van der Waals surface area (Å²) in [5.74, 6) is 1.01. The van der Waals surface area contributed by atoms with Gasteiger partial charge in [0.1, 0.15) is 5.84 Å². The van der Waals surface area contributed by atoms with Gasteiger partial charge in [-0.1, -0.05) is 204 Å². The zero-order valence-electron chi connectivity index (χ0n) is 36.0. The smallest absolute Gasteiger partial charge is 0.136 e. The summed E-state index contributed by atoms with van der Waals surface area (Å²) >= 11 is 0. The van der Waals surface area contributed by atoms with Crippen molar-refractivity contribution >= 4 is 43.8 Å². The Morgan fingerprint density at radius 2 is 0.937 bits per heavy atom. The Kier molecular flexibility index (Phi) is 7.57. The third kappa shape index (κ3) is 4.98. The van der Waals surface area contributed by atoms with Gasteiger partial charge in [0.25, 0.3) is 0 Å². The number of aliphatic imine (C=N–C) groups is 1. The summed E-state index contributed by atoms with van der Waals surface area (Å²) < 4.78 is 0. The van der Waals surface area contributed by atoms with Crippen LogP contribution in [0, 0.1) is 0 Å². The number of benzene rings is 9. The van der Waals surface area contributed by atoms with Crippen LogP contribution in [0.2, 0.25) is 0 Å². The van der Waals surface area contributed by atoms with Crippen LogP contribution in [-0.2, 0) is 10.8 Å². The van der Waals surface area contributed by atoms with Crippen molar-refractivity contribution in [1.82, 2.24) is 0 Å². The number of nitrogens with zero attached hydrogens (tertiary/aromatic N) is 2. The van der Waals surface area contributed by atoms with Gasteiger partial charge in [0.15, 0.2) is 0 Å². The van der Waals surface area contributed by atoms with Crippen LogP contribution in [0.5, 0.6) is 0 Å². The monoisotopic (exact) mass is 806 g/mol. The second-order valence-electron chi connectivity index (χ2n) is 18.9. The second kappa shape index (κ2) is 13.1. The van der Waals surface area contributed by atoms with Crippen molar-refractivity contribution in [3.8, 4) is 44.5 Å². The predicted octanol–water partition coefficient (Wildman–Crippen LogP) is 15.2. The molecule has 0 bridgehead atoms. The van der Waals surface area contributed by atoms with Crippen molar-refractivity contribution < 1.29 is 0 Å². The number of amidine groups is 1. The van der Waals surface area contributed by atoms with Crippen LogP contribution in [0.3, 0.4) is 0 Å². The summed E-state index contributed by atoms with van der Waals surface area (Å²) in [7, 11) is 0. The lowest BCUT2D eigenvalue weighted by Gasteiger charge is -2.31.